The van der Waals surface area contributed by atoms with E-state index in [1.165, 1.54) is 24.1 Å². The molecule has 0 unspecified atom stereocenters. The van der Waals surface area contributed by atoms with Crippen molar-refractivity contribution in [2.75, 3.05) is 13.7 Å². The molecule has 0 aromatic carbocycles. The van der Waals surface area contributed by atoms with E-state index in [4.69, 9.17) is 15.2 Å². The Hall–Kier alpha value is -1.13. The molecule has 0 fully saturated rings. The Morgan fingerprint density at radius 2 is 2.05 bits per heavy atom. The summed E-state index contributed by atoms with van der Waals surface area (Å²) in [6.45, 7) is 5.18. The van der Waals surface area contributed by atoms with Crippen molar-refractivity contribution in [3.05, 3.63) is 22.9 Å². The first-order valence-corrected chi connectivity index (χ1v) is 7.45. The highest BCUT2D eigenvalue weighted by Crippen LogP contribution is 2.26. The van der Waals surface area contributed by atoms with Crippen LogP contribution in [0.1, 0.15) is 49.9 Å². The summed E-state index contributed by atoms with van der Waals surface area (Å²) in [5, 5.41) is 0. The van der Waals surface area contributed by atoms with E-state index in [9.17, 15) is 0 Å². The maximum Gasteiger partial charge on any atom is 0.218 e. The zero-order valence-corrected chi connectivity index (χ0v) is 12.9. The summed E-state index contributed by atoms with van der Waals surface area (Å²) >= 11 is 0. The van der Waals surface area contributed by atoms with Gasteiger partial charge in [-0.25, -0.2) is 4.98 Å². The Kier molecular flexibility index (Phi) is 5.00. The maximum atomic E-state index is 5.86. The first-order valence-electron chi connectivity index (χ1n) is 7.45. The van der Waals surface area contributed by atoms with Gasteiger partial charge in [-0.05, 0) is 51.2 Å². The summed E-state index contributed by atoms with van der Waals surface area (Å²) in [7, 11) is 1.72. The average Bonchev–Trinajstić information content (AvgIpc) is 2.46. The fourth-order valence-corrected chi connectivity index (χ4v) is 2.43. The molecule has 20 heavy (non-hydrogen) atoms. The third-order valence-electron chi connectivity index (χ3n) is 4.06. The minimum absolute atomic E-state index is 0.170. The second kappa shape index (κ2) is 6.55. The van der Waals surface area contributed by atoms with Crippen molar-refractivity contribution >= 4 is 0 Å². The Bertz CT molecular complexity index is 458. The van der Waals surface area contributed by atoms with Gasteiger partial charge in [0.2, 0.25) is 5.88 Å². The fraction of sp³-hybridized carbons (Fsp3) is 0.688. The van der Waals surface area contributed by atoms with E-state index >= 15 is 0 Å². The van der Waals surface area contributed by atoms with E-state index in [2.05, 4.69) is 24.9 Å². The normalized spacial score (nSPS) is 15.0. The van der Waals surface area contributed by atoms with Crippen LogP contribution in [0.5, 0.6) is 5.88 Å². The molecule has 0 spiro atoms. The predicted octanol–water partition coefficient (Wildman–Crippen LogP) is 2.61. The van der Waals surface area contributed by atoms with Crippen LogP contribution in [0.4, 0.5) is 0 Å². The number of nitrogens with two attached hydrogens (primary N) is 1. The van der Waals surface area contributed by atoms with Gasteiger partial charge in [0.15, 0.2) is 0 Å². The second-order valence-corrected chi connectivity index (χ2v) is 6.03. The number of rotatable bonds is 6. The van der Waals surface area contributed by atoms with Crippen LogP contribution in [0.2, 0.25) is 0 Å². The van der Waals surface area contributed by atoms with Gasteiger partial charge in [0.25, 0.3) is 0 Å². The summed E-state index contributed by atoms with van der Waals surface area (Å²) in [6, 6.07) is 2.18. The van der Waals surface area contributed by atoms with Gasteiger partial charge in [-0.15, -0.1) is 0 Å². The van der Waals surface area contributed by atoms with Gasteiger partial charge in [0.1, 0.15) is 0 Å². The largest absolute Gasteiger partial charge is 0.477 e. The first-order chi connectivity index (χ1) is 9.55. The number of ether oxygens (including phenoxy) is 2. The van der Waals surface area contributed by atoms with Gasteiger partial charge in [-0.2, -0.15) is 0 Å². The summed E-state index contributed by atoms with van der Waals surface area (Å²) in [5.74, 6) is 0.708. The molecule has 4 heteroatoms. The molecule has 0 saturated carbocycles. The first kappa shape index (κ1) is 15.3. The lowest BCUT2D eigenvalue weighted by Gasteiger charge is -2.23. The van der Waals surface area contributed by atoms with Crippen LogP contribution in [-0.4, -0.2) is 24.3 Å². The van der Waals surface area contributed by atoms with Gasteiger partial charge >= 0.3 is 0 Å². The van der Waals surface area contributed by atoms with Crippen LogP contribution in [-0.2, 0) is 24.1 Å². The van der Waals surface area contributed by atoms with Crippen molar-refractivity contribution in [3.63, 3.8) is 0 Å². The molecule has 4 nitrogen and oxygen atoms in total. The molecular formula is C16H26N2O2. The highest BCUT2D eigenvalue weighted by atomic mass is 16.5. The molecular weight excluding hydrogens is 252 g/mol. The second-order valence-electron chi connectivity index (χ2n) is 6.03. The SMILES string of the molecule is COC(C)(C)CCOc1nc2c(cc1CN)CCCC2. The molecule has 1 aromatic rings. The van der Waals surface area contributed by atoms with E-state index in [0.29, 0.717) is 19.0 Å². The van der Waals surface area contributed by atoms with Crippen LogP contribution in [0.15, 0.2) is 6.07 Å². The third-order valence-corrected chi connectivity index (χ3v) is 4.06. The molecule has 2 N–H and O–H groups in total. The van der Waals surface area contributed by atoms with E-state index < -0.39 is 0 Å². The monoisotopic (exact) mass is 278 g/mol. The quantitative estimate of drug-likeness (QED) is 0.869. The number of nitrogens with zero attached hydrogens (tertiary/aromatic N) is 1. The van der Waals surface area contributed by atoms with Gasteiger partial charge in [0, 0.05) is 31.3 Å². The maximum absolute atomic E-state index is 5.86. The third kappa shape index (κ3) is 3.70. The van der Waals surface area contributed by atoms with Gasteiger partial charge in [0.05, 0.1) is 12.2 Å². The van der Waals surface area contributed by atoms with E-state index in [0.717, 1.165) is 24.8 Å². The van der Waals surface area contributed by atoms with Crippen molar-refractivity contribution in [3.8, 4) is 5.88 Å². The van der Waals surface area contributed by atoms with Crippen molar-refractivity contribution < 1.29 is 9.47 Å². The molecule has 1 aromatic heterocycles. The van der Waals surface area contributed by atoms with Crippen LogP contribution in [0, 0.1) is 0 Å². The molecule has 0 radical (unpaired) electrons. The highest BCUT2D eigenvalue weighted by molar-refractivity contribution is 5.35. The van der Waals surface area contributed by atoms with Crippen LogP contribution in [0.25, 0.3) is 0 Å². The Morgan fingerprint density at radius 1 is 1.30 bits per heavy atom. The van der Waals surface area contributed by atoms with Crippen LogP contribution in [0.3, 0.4) is 0 Å². The molecule has 0 amide bonds. The van der Waals surface area contributed by atoms with Crippen molar-refractivity contribution in [2.45, 2.75) is 58.1 Å². The number of fused-ring (bicyclic) bond motifs is 1. The number of pyridine rings is 1. The highest BCUT2D eigenvalue weighted by Gasteiger charge is 2.18. The van der Waals surface area contributed by atoms with Crippen molar-refractivity contribution in [2.24, 2.45) is 5.73 Å². The molecule has 0 bridgehead atoms. The fourth-order valence-electron chi connectivity index (χ4n) is 2.43. The van der Waals surface area contributed by atoms with Crippen molar-refractivity contribution in [1.82, 2.24) is 4.98 Å². The molecule has 112 valence electrons. The summed E-state index contributed by atoms with van der Waals surface area (Å²) in [6.07, 6.45) is 5.47. The predicted molar refractivity (Wildman–Crippen MR) is 80.0 cm³/mol. The molecule has 1 aliphatic carbocycles. The summed E-state index contributed by atoms with van der Waals surface area (Å²) in [5.41, 5.74) is 9.21. The topological polar surface area (TPSA) is 57.4 Å². The standard InChI is InChI=1S/C16H26N2O2/c1-16(2,19-3)8-9-20-15-13(11-17)10-12-6-4-5-7-14(12)18-15/h10H,4-9,11,17H2,1-3H3. The Balaban J connectivity index is 2.06. The van der Waals surface area contributed by atoms with E-state index in [1.54, 1.807) is 7.11 Å². The van der Waals surface area contributed by atoms with Crippen LogP contribution < -0.4 is 10.5 Å². The lowest BCUT2D eigenvalue weighted by Crippen LogP contribution is -2.25. The molecule has 0 atom stereocenters. The smallest absolute Gasteiger partial charge is 0.218 e. The number of methoxy groups -OCH3 is 1. The molecule has 1 aliphatic rings. The summed E-state index contributed by atoms with van der Waals surface area (Å²) in [4.78, 5) is 4.69. The average molecular weight is 278 g/mol. The molecule has 0 aliphatic heterocycles. The lowest BCUT2D eigenvalue weighted by atomic mass is 9.95. The minimum atomic E-state index is -0.170. The minimum Gasteiger partial charge on any atom is -0.477 e. The molecule has 0 saturated heterocycles. The zero-order valence-electron chi connectivity index (χ0n) is 12.9. The van der Waals surface area contributed by atoms with Crippen molar-refractivity contribution in [1.29, 1.82) is 0 Å². The van der Waals surface area contributed by atoms with Gasteiger partial charge in [-0.3, -0.25) is 0 Å². The van der Waals surface area contributed by atoms with Crippen LogP contribution >= 0.6 is 0 Å². The Labute approximate surface area is 121 Å². The number of aromatic nitrogens is 1. The summed E-state index contributed by atoms with van der Waals surface area (Å²) < 4.78 is 11.3. The van der Waals surface area contributed by atoms with Gasteiger partial charge in [-0.1, -0.05) is 0 Å². The van der Waals surface area contributed by atoms with E-state index in [1.807, 2.05) is 0 Å². The molecule has 1 heterocycles. The number of aryl methyl sites for hydroxylation is 2. The lowest BCUT2D eigenvalue weighted by molar-refractivity contribution is 0.00498. The van der Waals surface area contributed by atoms with Gasteiger partial charge < -0.3 is 15.2 Å². The van der Waals surface area contributed by atoms with E-state index in [-0.39, 0.29) is 5.60 Å². The number of hydrogen-bond acceptors (Lipinski definition) is 4. The number of hydrogen-bond donors (Lipinski definition) is 1. The zero-order chi connectivity index (χ0) is 14.6. The Morgan fingerprint density at radius 3 is 2.75 bits per heavy atom. The molecule has 2 rings (SSSR count).